The van der Waals surface area contributed by atoms with Crippen LogP contribution in [0, 0.1) is 6.92 Å². The number of nitrogens with zero attached hydrogens (tertiary/aromatic N) is 1. The molecule has 0 aliphatic carbocycles. The molecule has 3 heterocycles. The van der Waals surface area contributed by atoms with Crippen molar-refractivity contribution in [2.24, 2.45) is 0 Å². The van der Waals surface area contributed by atoms with E-state index in [1.807, 2.05) is 25.1 Å². The van der Waals surface area contributed by atoms with E-state index < -0.39 is 0 Å². The predicted octanol–water partition coefficient (Wildman–Crippen LogP) is 3.24. The number of rotatable bonds is 3. The van der Waals surface area contributed by atoms with Gasteiger partial charge < -0.3 is 20.5 Å². The van der Waals surface area contributed by atoms with Crippen LogP contribution in [-0.2, 0) is 19.4 Å². The summed E-state index contributed by atoms with van der Waals surface area (Å²) in [6.45, 7) is 7.30. The number of pyridine rings is 1. The molecule has 0 unspecified atom stereocenters. The molecule has 4 rings (SSSR count). The zero-order valence-corrected chi connectivity index (χ0v) is 19.2. The van der Waals surface area contributed by atoms with Gasteiger partial charge in [0.15, 0.2) is 0 Å². The molecule has 32 heavy (non-hydrogen) atoms. The molecule has 1 fully saturated rings. The molecule has 1 aromatic heterocycles. The highest BCUT2D eigenvalue weighted by Crippen LogP contribution is 2.29. The Balaban J connectivity index is 1.70. The van der Waals surface area contributed by atoms with E-state index in [2.05, 4.69) is 45.7 Å². The third kappa shape index (κ3) is 4.80. The molecule has 2 aliphatic heterocycles. The number of amides is 1. The summed E-state index contributed by atoms with van der Waals surface area (Å²) in [6, 6.07) is 8.55. The van der Waals surface area contributed by atoms with Crippen molar-refractivity contribution >= 4 is 11.6 Å². The van der Waals surface area contributed by atoms with Gasteiger partial charge in [-0.25, -0.2) is 0 Å². The molecule has 0 bridgehead atoms. The lowest BCUT2D eigenvalue weighted by Gasteiger charge is -2.37. The second-order valence-corrected chi connectivity index (χ2v) is 8.75. The minimum absolute atomic E-state index is 0.113. The van der Waals surface area contributed by atoms with Crippen LogP contribution in [-0.4, -0.2) is 36.6 Å². The molecule has 3 N–H and O–H groups in total. The van der Waals surface area contributed by atoms with E-state index in [4.69, 9.17) is 0 Å². The first-order valence-corrected chi connectivity index (χ1v) is 11.8. The maximum Gasteiger partial charge on any atom is 0.253 e. The number of H-pyrrole nitrogens is 1. The molecular weight excluding hydrogens is 400 g/mol. The molecule has 1 amide bonds. The molecule has 0 saturated carbocycles. The molecule has 6 nitrogen and oxygen atoms in total. The van der Waals surface area contributed by atoms with Gasteiger partial charge in [0.25, 0.3) is 11.5 Å². The highest BCUT2D eigenvalue weighted by Gasteiger charge is 2.24. The van der Waals surface area contributed by atoms with Crippen LogP contribution in [0.3, 0.4) is 0 Å². The highest BCUT2D eigenvalue weighted by molar-refractivity contribution is 5.97. The van der Waals surface area contributed by atoms with Gasteiger partial charge >= 0.3 is 0 Å². The quantitative estimate of drug-likeness (QED) is 0.648. The molecule has 1 aromatic carbocycles. The first-order valence-electron chi connectivity index (χ1n) is 11.8. The molecule has 0 atom stereocenters. The maximum absolute atomic E-state index is 13.3. The van der Waals surface area contributed by atoms with Crippen LogP contribution >= 0.6 is 0 Å². The van der Waals surface area contributed by atoms with E-state index >= 15 is 0 Å². The van der Waals surface area contributed by atoms with Crippen LogP contribution in [0.4, 0.5) is 5.69 Å². The maximum atomic E-state index is 13.3. The molecule has 0 spiro atoms. The Morgan fingerprint density at radius 2 is 1.91 bits per heavy atom. The number of hydrogen-bond donors (Lipinski definition) is 3. The monoisotopic (exact) mass is 434 g/mol. The smallest absolute Gasteiger partial charge is 0.253 e. The average Bonchev–Trinajstić information content (AvgIpc) is 2.79. The van der Waals surface area contributed by atoms with Crippen LogP contribution in [0.15, 0.2) is 41.2 Å². The van der Waals surface area contributed by atoms with Crippen LogP contribution in [0.5, 0.6) is 0 Å². The number of carbonyl (C=O) groups excluding carboxylic acids is 1. The van der Waals surface area contributed by atoms with Crippen LogP contribution in [0.1, 0.15) is 58.9 Å². The number of carbonyl (C=O) groups is 1. The van der Waals surface area contributed by atoms with Crippen molar-refractivity contribution in [2.45, 2.75) is 58.5 Å². The summed E-state index contributed by atoms with van der Waals surface area (Å²) in [5.41, 5.74) is 5.32. The number of nitrogens with one attached hydrogen (secondary N) is 3. The van der Waals surface area contributed by atoms with Gasteiger partial charge in [-0.15, -0.1) is 0 Å². The fourth-order valence-corrected chi connectivity index (χ4v) is 5.04. The van der Waals surface area contributed by atoms with Gasteiger partial charge in [-0.3, -0.25) is 9.59 Å². The largest absolute Gasteiger partial charge is 0.368 e. The molecule has 2 aliphatic rings. The topological polar surface area (TPSA) is 77.2 Å². The number of allylic oxidation sites excluding steroid dienone is 2. The van der Waals surface area contributed by atoms with Gasteiger partial charge in [-0.2, -0.15) is 0 Å². The number of hydrogen-bond acceptors (Lipinski definition) is 4. The molecular formula is C26H34N4O2. The Hall–Kier alpha value is -2.86. The van der Waals surface area contributed by atoms with Gasteiger partial charge in [0.1, 0.15) is 0 Å². The number of aryl methyl sites for hydroxylation is 2. The van der Waals surface area contributed by atoms with E-state index in [-0.39, 0.29) is 18.0 Å². The van der Waals surface area contributed by atoms with Crippen molar-refractivity contribution < 1.29 is 4.79 Å². The lowest BCUT2D eigenvalue weighted by atomic mass is 9.96. The van der Waals surface area contributed by atoms with Crippen molar-refractivity contribution in [3.8, 4) is 0 Å². The summed E-state index contributed by atoms with van der Waals surface area (Å²) in [5.74, 6) is -0.122. The Morgan fingerprint density at radius 1 is 1.09 bits per heavy atom. The summed E-state index contributed by atoms with van der Waals surface area (Å²) >= 11 is 0. The van der Waals surface area contributed by atoms with Crippen molar-refractivity contribution in [1.82, 2.24) is 15.6 Å². The van der Waals surface area contributed by atoms with E-state index in [0.29, 0.717) is 17.2 Å². The van der Waals surface area contributed by atoms with E-state index in [1.54, 1.807) is 0 Å². The second-order valence-electron chi connectivity index (χ2n) is 8.75. The van der Waals surface area contributed by atoms with Crippen LogP contribution in [0.2, 0.25) is 0 Å². The van der Waals surface area contributed by atoms with Gasteiger partial charge in [-0.05, 0) is 88.4 Å². The number of fused-ring (bicyclic) bond motifs is 2. The lowest BCUT2D eigenvalue weighted by molar-refractivity contribution is 0.0950. The summed E-state index contributed by atoms with van der Waals surface area (Å²) in [6.07, 6.45) is 8.96. The van der Waals surface area contributed by atoms with Crippen molar-refractivity contribution in [3.63, 3.8) is 0 Å². The van der Waals surface area contributed by atoms with Crippen molar-refractivity contribution in [3.05, 3.63) is 74.7 Å². The zero-order chi connectivity index (χ0) is 22.5. The average molecular weight is 435 g/mol. The predicted molar refractivity (Wildman–Crippen MR) is 129 cm³/mol. The summed E-state index contributed by atoms with van der Waals surface area (Å²) in [4.78, 5) is 31.2. The van der Waals surface area contributed by atoms with Gasteiger partial charge in [0.2, 0.25) is 0 Å². The zero-order valence-electron chi connectivity index (χ0n) is 19.2. The molecule has 0 radical (unpaired) electrons. The molecule has 2 aromatic rings. The SMILES string of the molecule is CCN(c1cccc2c1C/C=C\CCc1cc(C)[nH]c(=O)c1CNC2=O)C1CCNCC1. The molecule has 1 saturated heterocycles. The number of aromatic amines is 1. The Morgan fingerprint density at radius 3 is 2.69 bits per heavy atom. The summed E-state index contributed by atoms with van der Waals surface area (Å²) in [5, 5.41) is 6.47. The van der Waals surface area contributed by atoms with Crippen LogP contribution in [0.25, 0.3) is 0 Å². The van der Waals surface area contributed by atoms with Crippen molar-refractivity contribution in [2.75, 3.05) is 24.5 Å². The number of piperidine rings is 1. The Labute approximate surface area is 190 Å². The fourth-order valence-electron chi connectivity index (χ4n) is 5.04. The van der Waals surface area contributed by atoms with Gasteiger partial charge in [-0.1, -0.05) is 18.2 Å². The van der Waals surface area contributed by atoms with Crippen molar-refractivity contribution in [1.29, 1.82) is 0 Å². The summed E-state index contributed by atoms with van der Waals surface area (Å²) in [7, 11) is 0. The minimum atomic E-state index is -0.122. The van der Waals surface area contributed by atoms with Gasteiger partial charge in [0.05, 0.1) is 0 Å². The third-order valence-corrected chi connectivity index (χ3v) is 6.65. The first kappa shape index (κ1) is 22.3. The fraction of sp³-hybridized carbons (Fsp3) is 0.462. The van der Waals surface area contributed by atoms with E-state index in [1.165, 1.54) is 0 Å². The number of benzene rings is 1. The van der Waals surface area contributed by atoms with Gasteiger partial charge in [0, 0.05) is 41.6 Å². The normalized spacial score (nSPS) is 18.5. The van der Waals surface area contributed by atoms with Crippen LogP contribution < -0.4 is 21.1 Å². The molecule has 170 valence electrons. The lowest BCUT2D eigenvalue weighted by Crippen LogP contribution is -2.43. The first-order chi connectivity index (χ1) is 15.6. The van der Waals surface area contributed by atoms with E-state index in [0.717, 1.165) is 74.2 Å². The minimum Gasteiger partial charge on any atom is -0.368 e. The highest BCUT2D eigenvalue weighted by atomic mass is 16.1. The second kappa shape index (κ2) is 10.2. The third-order valence-electron chi connectivity index (χ3n) is 6.65. The summed E-state index contributed by atoms with van der Waals surface area (Å²) < 4.78 is 0. The number of anilines is 1. The Bertz CT molecular complexity index is 1050. The number of aromatic nitrogens is 1. The molecule has 6 heteroatoms. The Kier molecular flexibility index (Phi) is 7.10. The van der Waals surface area contributed by atoms with E-state index in [9.17, 15) is 9.59 Å². The standard InChI is InChI=1S/C26H34N4O2/c1-3-30(20-12-14-27-15-13-20)24-11-7-10-22-21(24)9-6-4-5-8-19-16-18(2)29-26(32)23(19)17-28-25(22)31/h4,6-7,10-11,16,20,27H,3,5,8-9,12-15,17H2,1-2H3,(H,28,31)(H,29,32)/b6-4-.